The number of benzene rings is 2. The third-order valence-electron chi connectivity index (χ3n) is 4.95. The molecule has 1 aliphatic rings. The topological polar surface area (TPSA) is 46.3 Å². The zero-order valence-corrected chi connectivity index (χ0v) is 14.4. The van der Waals surface area contributed by atoms with Crippen molar-refractivity contribution < 1.29 is 4.79 Å². The highest BCUT2D eigenvalue weighted by molar-refractivity contribution is 5.74. The summed E-state index contributed by atoms with van der Waals surface area (Å²) in [6, 6.07) is 17.5. The van der Waals surface area contributed by atoms with Gasteiger partial charge in [0.15, 0.2) is 0 Å². The van der Waals surface area contributed by atoms with Gasteiger partial charge in [0.1, 0.15) is 0 Å². The van der Waals surface area contributed by atoms with E-state index in [4.69, 9.17) is 5.73 Å². The van der Waals surface area contributed by atoms with E-state index < -0.39 is 0 Å². The molecule has 3 rings (SSSR count). The van der Waals surface area contributed by atoms with Crippen LogP contribution in [-0.2, 0) is 11.3 Å². The molecule has 3 nitrogen and oxygen atoms in total. The predicted octanol–water partition coefficient (Wildman–Crippen LogP) is 3.89. The highest BCUT2D eigenvalue weighted by Gasteiger charge is 2.23. The van der Waals surface area contributed by atoms with Crippen LogP contribution >= 0.6 is 0 Å². The quantitative estimate of drug-likeness (QED) is 0.907. The summed E-state index contributed by atoms with van der Waals surface area (Å²) in [4.78, 5) is 13.8. The first kappa shape index (κ1) is 16.7. The molecule has 0 aliphatic carbocycles. The zero-order valence-electron chi connectivity index (χ0n) is 14.4. The number of aryl methyl sites for hydroxylation is 1. The molecule has 2 N–H and O–H groups in total. The lowest BCUT2D eigenvalue weighted by Gasteiger charge is -2.35. The number of amides is 1. The summed E-state index contributed by atoms with van der Waals surface area (Å²) in [7, 11) is 0. The van der Waals surface area contributed by atoms with Gasteiger partial charge in [-0.05, 0) is 54.6 Å². The van der Waals surface area contributed by atoms with E-state index in [1.165, 1.54) is 35.1 Å². The lowest BCUT2D eigenvalue weighted by Crippen LogP contribution is -2.41. The number of rotatable bonds is 5. The highest BCUT2D eigenvalue weighted by Crippen LogP contribution is 2.26. The molecule has 1 amide bonds. The average Bonchev–Trinajstić information content (AvgIpc) is 2.57. The zero-order chi connectivity index (χ0) is 16.9. The van der Waals surface area contributed by atoms with Crippen LogP contribution in [-0.4, -0.2) is 23.4 Å². The van der Waals surface area contributed by atoms with Gasteiger partial charge in [-0.3, -0.25) is 9.69 Å². The Balaban J connectivity index is 1.79. The van der Waals surface area contributed by atoms with Crippen LogP contribution in [0.25, 0.3) is 11.1 Å². The highest BCUT2D eigenvalue weighted by atomic mass is 16.1. The number of nitrogens with zero attached hydrogens (tertiary/aromatic N) is 1. The first-order chi connectivity index (χ1) is 11.6. The fraction of sp³-hybridized carbons (Fsp3) is 0.381. The second kappa shape index (κ2) is 7.63. The van der Waals surface area contributed by atoms with Crippen LogP contribution in [0.4, 0.5) is 0 Å². The minimum Gasteiger partial charge on any atom is -0.370 e. The summed E-state index contributed by atoms with van der Waals surface area (Å²) in [5, 5.41) is 0. The average molecular weight is 322 g/mol. The van der Waals surface area contributed by atoms with Gasteiger partial charge in [0.2, 0.25) is 5.91 Å². The third kappa shape index (κ3) is 4.04. The molecule has 0 aromatic heterocycles. The number of carbonyl (C=O) groups excluding carboxylic acids is 1. The molecular weight excluding hydrogens is 296 g/mol. The van der Waals surface area contributed by atoms with E-state index in [0.29, 0.717) is 12.5 Å². The molecule has 0 bridgehead atoms. The molecular formula is C21H26N2O. The summed E-state index contributed by atoms with van der Waals surface area (Å²) in [6.45, 7) is 4.08. The molecule has 1 heterocycles. The molecule has 0 radical (unpaired) electrons. The van der Waals surface area contributed by atoms with Crippen molar-refractivity contribution in [3.63, 3.8) is 0 Å². The second-order valence-corrected chi connectivity index (χ2v) is 6.81. The van der Waals surface area contributed by atoms with Crippen molar-refractivity contribution in [3.8, 4) is 11.1 Å². The van der Waals surface area contributed by atoms with Crippen LogP contribution in [0.5, 0.6) is 0 Å². The lowest BCUT2D eigenvalue weighted by atomic mass is 9.96. The van der Waals surface area contributed by atoms with Crippen LogP contribution in [0.15, 0.2) is 48.5 Å². The van der Waals surface area contributed by atoms with Crippen LogP contribution in [0.1, 0.15) is 36.8 Å². The minimum absolute atomic E-state index is 0.194. The van der Waals surface area contributed by atoms with Gasteiger partial charge in [-0.25, -0.2) is 0 Å². The fourth-order valence-corrected chi connectivity index (χ4v) is 3.70. The molecule has 2 aromatic rings. The number of hydrogen-bond acceptors (Lipinski definition) is 2. The van der Waals surface area contributed by atoms with E-state index in [2.05, 4.69) is 60.4 Å². The summed E-state index contributed by atoms with van der Waals surface area (Å²) in [5.41, 5.74) is 10.6. The smallest absolute Gasteiger partial charge is 0.218 e. The number of carbonyl (C=O) groups is 1. The fourth-order valence-electron chi connectivity index (χ4n) is 3.70. The summed E-state index contributed by atoms with van der Waals surface area (Å²) in [5.74, 6) is -0.194. The second-order valence-electron chi connectivity index (χ2n) is 6.81. The Kier molecular flexibility index (Phi) is 5.31. The molecule has 1 saturated heterocycles. The maximum absolute atomic E-state index is 11.3. The van der Waals surface area contributed by atoms with Gasteiger partial charge in [-0.15, -0.1) is 0 Å². The Morgan fingerprint density at radius 2 is 2.00 bits per heavy atom. The monoisotopic (exact) mass is 322 g/mol. The number of likely N-dealkylation sites (tertiary alicyclic amines) is 1. The molecule has 126 valence electrons. The summed E-state index contributed by atoms with van der Waals surface area (Å²) in [6.07, 6.45) is 3.93. The Hall–Kier alpha value is -2.13. The summed E-state index contributed by atoms with van der Waals surface area (Å²) >= 11 is 0. The first-order valence-corrected chi connectivity index (χ1v) is 8.81. The van der Waals surface area contributed by atoms with Gasteiger partial charge in [0.05, 0.1) is 0 Å². The molecule has 24 heavy (non-hydrogen) atoms. The van der Waals surface area contributed by atoms with Crippen molar-refractivity contribution in [2.75, 3.05) is 6.54 Å². The van der Waals surface area contributed by atoms with E-state index >= 15 is 0 Å². The van der Waals surface area contributed by atoms with E-state index in [1.807, 2.05) is 0 Å². The number of primary amides is 1. The predicted molar refractivity (Wildman–Crippen MR) is 98.5 cm³/mol. The molecule has 1 atom stereocenters. The standard InChI is InChI=1S/C21H26N2O/c1-16-7-2-3-11-20(16)18-9-6-8-17(13-18)15-23-12-5-4-10-19(23)14-21(22)24/h2-3,6-9,11,13,19H,4-5,10,12,14-15H2,1H3,(H2,22,24)/t19-/m0/s1. The lowest BCUT2D eigenvalue weighted by molar-refractivity contribution is -0.119. The van der Waals surface area contributed by atoms with Crippen molar-refractivity contribution in [3.05, 3.63) is 59.7 Å². The maximum atomic E-state index is 11.3. The van der Waals surface area contributed by atoms with Gasteiger partial charge in [-0.1, -0.05) is 48.9 Å². The normalized spacial score (nSPS) is 18.5. The Labute approximate surface area is 144 Å². The van der Waals surface area contributed by atoms with Crippen molar-refractivity contribution in [1.29, 1.82) is 0 Å². The van der Waals surface area contributed by atoms with Gasteiger partial charge in [0.25, 0.3) is 0 Å². The van der Waals surface area contributed by atoms with Gasteiger partial charge >= 0.3 is 0 Å². The molecule has 0 spiro atoms. The molecule has 2 aromatic carbocycles. The Bertz CT molecular complexity index is 710. The number of nitrogens with two attached hydrogens (primary N) is 1. The van der Waals surface area contributed by atoms with Crippen LogP contribution in [0.3, 0.4) is 0 Å². The van der Waals surface area contributed by atoms with Gasteiger partial charge in [0, 0.05) is 19.0 Å². The van der Waals surface area contributed by atoms with E-state index in [0.717, 1.165) is 19.5 Å². The summed E-state index contributed by atoms with van der Waals surface area (Å²) < 4.78 is 0. The molecule has 1 aliphatic heterocycles. The van der Waals surface area contributed by atoms with E-state index in [9.17, 15) is 4.79 Å². The van der Waals surface area contributed by atoms with Crippen LogP contribution in [0.2, 0.25) is 0 Å². The molecule has 0 saturated carbocycles. The van der Waals surface area contributed by atoms with Gasteiger partial charge < -0.3 is 5.73 Å². The van der Waals surface area contributed by atoms with Crippen LogP contribution in [0, 0.1) is 6.92 Å². The molecule has 3 heteroatoms. The molecule has 0 unspecified atom stereocenters. The SMILES string of the molecule is Cc1ccccc1-c1cccc(CN2CCCC[C@H]2CC(N)=O)c1. The Morgan fingerprint density at radius 3 is 2.79 bits per heavy atom. The van der Waals surface area contributed by atoms with Crippen molar-refractivity contribution in [2.24, 2.45) is 5.73 Å². The largest absolute Gasteiger partial charge is 0.370 e. The van der Waals surface area contributed by atoms with Crippen molar-refractivity contribution in [2.45, 2.75) is 45.2 Å². The van der Waals surface area contributed by atoms with Crippen molar-refractivity contribution >= 4 is 5.91 Å². The molecule has 1 fully saturated rings. The van der Waals surface area contributed by atoms with E-state index in [-0.39, 0.29) is 5.91 Å². The van der Waals surface area contributed by atoms with Crippen molar-refractivity contribution in [1.82, 2.24) is 4.90 Å². The van der Waals surface area contributed by atoms with Gasteiger partial charge in [-0.2, -0.15) is 0 Å². The van der Waals surface area contributed by atoms with Crippen LogP contribution < -0.4 is 5.73 Å². The number of piperidine rings is 1. The maximum Gasteiger partial charge on any atom is 0.218 e. The van der Waals surface area contributed by atoms with E-state index in [1.54, 1.807) is 0 Å². The number of hydrogen-bond donors (Lipinski definition) is 1. The minimum atomic E-state index is -0.194. The third-order valence-corrected chi connectivity index (χ3v) is 4.95. The Morgan fingerprint density at radius 1 is 1.17 bits per heavy atom. The first-order valence-electron chi connectivity index (χ1n) is 8.81.